The zero-order valence-corrected chi connectivity index (χ0v) is 12.2. The van der Waals surface area contributed by atoms with Gasteiger partial charge in [0.1, 0.15) is 0 Å². The molecule has 6 heteroatoms. The molecule has 0 unspecified atom stereocenters. The molecule has 2 heterocycles. The number of hydrogen-bond acceptors (Lipinski definition) is 4. The number of rotatable bonds is 2. The maximum atomic E-state index is 6.06. The quantitative estimate of drug-likeness (QED) is 0.891. The standard InChI is InChI=1S/C14H18ClN5/c1-10-3-4-11(15)9-12(10)13-17-14(19-18-13)20-7-2-5-16-6-8-20/h3-4,9,16H,2,5-8H2,1H3,(H,17,18,19). The van der Waals surface area contributed by atoms with Crippen LogP contribution in [0, 0.1) is 6.92 Å². The van der Waals surface area contributed by atoms with E-state index in [0.717, 1.165) is 55.5 Å². The highest BCUT2D eigenvalue weighted by atomic mass is 35.5. The topological polar surface area (TPSA) is 56.8 Å². The molecular weight excluding hydrogens is 274 g/mol. The number of aromatic amines is 1. The predicted octanol–water partition coefficient (Wildman–Crippen LogP) is 2.23. The summed E-state index contributed by atoms with van der Waals surface area (Å²) in [5, 5.41) is 11.5. The van der Waals surface area contributed by atoms with Crippen molar-refractivity contribution in [3.63, 3.8) is 0 Å². The Balaban J connectivity index is 1.87. The number of nitrogens with one attached hydrogen (secondary N) is 2. The number of H-pyrrole nitrogens is 1. The third-order valence-electron chi connectivity index (χ3n) is 3.55. The maximum absolute atomic E-state index is 6.06. The molecule has 2 aromatic rings. The molecule has 2 N–H and O–H groups in total. The Morgan fingerprint density at radius 2 is 2.15 bits per heavy atom. The van der Waals surface area contributed by atoms with Crippen molar-refractivity contribution in [2.24, 2.45) is 0 Å². The van der Waals surface area contributed by atoms with Gasteiger partial charge < -0.3 is 10.2 Å². The van der Waals surface area contributed by atoms with Crippen molar-refractivity contribution in [3.8, 4) is 11.4 Å². The molecule has 20 heavy (non-hydrogen) atoms. The highest BCUT2D eigenvalue weighted by molar-refractivity contribution is 6.30. The number of hydrogen-bond donors (Lipinski definition) is 2. The van der Waals surface area contributed by atoms with Crippen LogP contribution in [-0.4, -0.2) is 41.4 Å². The minimum atomic E-state index is 0.711. The minimum Gasteiger partial charge on any atom is -0.338 e. The van der Waals surface area contributed by atoms with Crippen molar-refractivity contribution < 1.29 is 0 Å². The van der Waals surface area contributed by atoms with E-state index in [-0.39, 0.29) is 0 Å². The highest BCUT2D eigenvalue weighted by Crippen LogP contribution is 2.25. The van der Waals surface area contributed by atoms with Gasteiger partial charge in [-0.1, -0.05) is 17.7 Å². The summed E-state index contributed by atoms with van der Waals surface area (Å²) >= 11 is 6.06. The van der Waals surface area contributed by atoms with E-state index >= 15 is 0 Å². The number of aryl methyl sites for hydroxylation is 1. The molecule has 1 saturated heterocycles. The highest BCUT2D eigenvalue weighted by Gasteiger charge is 2.15. The van der Waals surface area contributed by atoms with E-state index in [2.05, 4.69) is 25.4 Å². The first kappa shape index (κ1) is 13.4. The molecule has 3 rings (SSSR count). The molecule has 0 atom stereocenters. The number of halogens is 1. The molecule has 5 nitrogen and oxygen atoms in total. The van der Waals surface area contributed by atoms with Gasteiger partial charge in [0, 0.05) is 30.2 Å². The molecule has 1 aliphatic rings. The lowest BCUT2D eigenvalue weighted by Gasteiger charge is -2.16. The van der Waals surface area contributed by atoms with Crippen LogP contribution in [0.4, 0.5) is 5.95 Å². The number of nitrogens with zero attached hydrogens (tertiary/aromatic N) is 3. The molecule has 1 aromatic carbocycles. The molecule has 1 aliphatic heterocycles. The van der Waals surface area contributed by atoms with Gasteiger partial charge in [-0.05, 0) is 37.6 Å². The fourth-order valence-corrected chi connectivity index (χ4v) is 2.58. The van der Waals surface area contributed by atoms with Crippen LogP contribution in [0.5, 0.6) is 0 Å². The van der Waals surface area contributed by atoms with Crippen LogP contribution in [0.3, 0.4) is 0 Å². The summed E-state index contributed by atoms with van der Waals surface area (Å²) in [5.74, 6) is 1.54. The molecule has 0 bridgehead atoms. The van der Waals surface area contributed by atoms with Crippen LogP contribution >= 0.6 is 11.6 Å². The first-order valence-electron chi connectivity index (χ1n) is 6.88. The fraction of sp³-hybridized carbons (Fsp3) is 0.429. The summed E-state index contributed by atoms with van der Waals surface area (Å²) in [7, 11) is 0. The second-order valence-electron chi connectivity index (χ2n) is 5.03. The number of benzene rings is 1. The average molecular weight is 292 g/mol. The van der Waals surface area contributed by atoms with Crippen LogP contribution in [0.2, 0.25) is 5.02 Å². The summed E-state index contributed by atoms with van der Waals surface area (Å²) in [5.41, 5.74) is 2.14. The zero-order chi connectivity index (χ0) is 13.9. The van der Waals surface area contributed by atoms with E-state index in [1.54, 1.807) is 0 Å². The second kappa shape index (κ2) is 5.81. The Morgan fingerprint density at radius 1 is 1.25 bits per heavy atom. The van der Waals surface area contributed by atoms with Gasteiger partial charge in [-0.3, -0.25) is 5.10 Å². The lowest BCUT2D eigenvalue weighted by atomic mass is 10.1. The SMILES string of the molecule is Cc1ccc(Cl)cc1-c1nc(N2CCCNCC2)n[nH]1. The van der Waals surface area contributed by atoms with Crippen LogP contribution in [-0.2, 0) is 0 Å². The minimum absolute atomic E-state index is 0.711. The monoisotopic (exact) mass is 291 g/mol. The summed E-state index contributed by atoms with van der Waals surface area (Å²) in [6, 6.07) is 5.80. The third-order valence-corrected chi connectivity index (χ3v) is 3.79. The second-order valence-corrected chi connectivity index (χ2v) is 5.47. The number of aromatic nitrogens is 3. The van der Waals surface area contributed by atoms with Gasteiger partial charge in [-0.2, -0.15) is 4.98 Å². The van der Waals surface area contributed by atoms with E-state index < -0.39 is 0 Å². The van der Waals surface area contributed by atoms with Gasteiger partial charge in [-0.25, -0.2) is 0 Å². The first-order chi connectivity index (χ1) is 9.74. The number of anilines is 1. The van der Waals surface area contributed by atoms with Crippen molar-refractivity contribution >= 4 is 17.5 Å². The fourth-order valence-electron chi connectivity index (χ4n) is 2.41. The maximum Gasteiger partial charge on any atom is 0.245 e. The van der Waals surface area contributed by atoms with Crippen LogP contribution in [0.15, 0.2) is 18.2 Å². The van der Waals surface area contributed by atoms with Crippen molar-refractivity contribution in [1.29, 1.82) is 0 Å². The van der Waals surface area contributed by atoms with Crippen LogP contribution < -0.4 is 10.2 Å². The summed E-state index contributed by atoms with van der Waals surface area (Å²) in [6.45, 7) is 6.00. The molecule has 0 radical (unpaired) electrons. The van der Waals surface area contributed by atoms with E-state index in [4.69, 9.17) is 11.6 Å². The molecule has 0 aliphatic carbocycles. The van der Waals surface area contributed by atoms with Gasteiger partial charge in [0.05, 0.1) is 0 Å². The Bertz CT molecular complexity index is 587. The summed E-state index contributed by atoms with van der Waals surface area (Å²) < 4.78 is 0. The molecule has 0 saturated carbocycles. The summed E-state index contributed by atoms with van der Waals surface area (Å²) in [4.78, 5) is 6.83. The van der Waals surface area contributed by atoms with Crippen LogP contribution in [0.1, 0.15) is 12.0 Å². The largest absolute Gasteiger partial charge is 0.338 e. The van der Waals surface area contributed by atoms with Gasteiger partial charge in [0.2, 0.25) is 5.95 Å². The third kappa shape index (κ3) is 2.78. The lowest BCUT2D eigenvalue weighted by Crippen LogP contribution is -2.28. The molecule has 1 aromatic heterocycles. The zero-order valence-electron chi connectivity index (χ0n) is 11.5. The van der Waals surface area contributed by atoms with E-state index in [0.29, 0.717) is 5.02 Å². The predicted molar refractivity (Wildman–Crippen MR) is 81.3 cm³/mol. The Hall–Kier alpha value is -1.59. The average Bonchev–Trinajstić information content (AvgIpc) is 2.77. The molecule has 106 valence electrons. The molecule has 1 fully saturated rings. The van der Waals surface area contributed by atoms with Gasteiger partial charge in [-0.15, -0.1) is 5.10 Å². The van der Waals surface area contributed by atoms with Crippen molar-refractivity contribution in [2.45, 2.75) is 13.3 Å². The van der Waals surface area contributed by atoms with E-state index in [9.17, 15) is 0 Å². The van der Waals surface area contributed by atoms with Gasteiger partial charge in [0.25, 0.3) is 0 Å². The summed E-state index contributed by atoms with van der Waals surface area (Å²) in [6.07, 6.45) is 1.11. The smallest absolute Gasteiger partial charge is 0.245 e. The Labute approximate surface area is 123 Å². The van der Waals surface area contributed by atoms with Crippen molar-refractivity contribution in [2.75, 3.05) is 31.1 Å². The Morgan fingerprint density at radius 3 is 3.05 bits per heavy atom. The van der Waals surface area contributed by atoms with Crippen molar-refractivity contribution in [1.82, 2.24) is 20.5 Å². The van der Waals surface area contributed by atoms with Crippen molar-refractivity contribution in [3.05, 3.63) is 28.8 Å². The Kier molecular flexibility index (Phi) is 3.89. The van der Waals surface area contributed by atoms with E-state index in [1.165, 1.54) is 0 Å². The normalized spacial score (nSPS) is 16.2. The molecule has 0 spiro atoms. The van der Waals surface area contributed by atoms with Gasteiger partial charge >= 0.3 is 0 Å². The first-order valence-corrected chi connectivity index (χ1v) is 7.26. The van der Waals surface area contributed by atoms with Gasteiger partial charge in [0.15, 0.2) is 5.82 Å². The van der Waals surface area contributed by atoms with E-state index in [1.807, 2.05) is 25.1 Å². The molecule has 0 amide bonds. The molecular formula is C14H18ClN5. The lowest BCUT2D eigenvalue weighted by molar-refractivity contribution is 0.724. The van der Waals surface area contributed by atoms with Crippen LogP contribution in [0.25, 0.3) is 11.4 Å².